The molecule has 1 atom stereocenters. The SMILES string of the molecule is Cc1ccc(S(=O)CCCC(C)(C)C)cc1C(=O)O. The third-order valence-corrected chi connectivity index (χ3v) is 4.40. The topological polar surface area (TPSA) is 54.4 Å². The molecule has 0 saturated heterocycles. The third-order valence-electron chi connectivity index (χ3n) is 2.96. The fourth-order valence-electron chi connectivity index (χ4n) is 1.82. The molecule has 3 nitrogen and oxygen atoms in total. The average molecular weight is 282 g/mol. The Balaban J connectivity index is 2.73. The van der Waals surface area contributed by atoms with Crippen LogP contribution in [0, 0.1) is 12.3 Å². The lowest BCUT2D eigenvalue weighted by Crippen LogP contribution is -2.08. The van der Waals surface area contributed by atoms with Crippen molar-refractivity contribution in [2.45, 2.75) is 45.4 Å². The fourth-order valence-corrected chi connectivity index (χ4v) is 2.94. The molecule has 0 saturated carbocycles. The highest BCUT2D eigenvalue weighted by molar-refractivity contribution is 7.85. The molecule has 19 heavy (non-hydrogen) atoms. The molecule has 1 rings (SSSR count). The van der Waals surface area contributed by atoms with Crippen molar-refractivity contribution < 1.29 is 14.1 Å². The van der Waals surface area contributed by atoms with E-state index >= 15 is 0 Å². The van der Waals surface area contributed by atoms with E-state index in [2.05, 4.69) is 20.8 Å². The maximum atomic E-state index is 12.1. The van der Waals surface area contributed by atoms with Gasteiger partial charge in [-0.2, -0.15) is 0 Å². The van der Waals surface area contributed by atoms with E-state index < -0.39 is 16.8 Å². The zero-order valence-corrected chi connectivity index (χ0v) is 12.8. The largest absolute Gasteiger partial charge is 0.478 e. The number of benzene rings is 1. The summed E-state index contributed by atoms with van der Waals surface area (Å²) in [6.07, 6.45) is 1.89. The van der Waals surface area contributed by atoms with Crippen molar-refractivity contribution in [2.75, 3.05) is 5.75 Å². The lowest BCUT2D eigenvalue weighted by atomic mass is 9.91. The van der Waals surface area contributed by atoms with Crippen LogP contribution in [0.25, 0.3) is 0 Å². The van der Waals surface area contributed by atoms with Gasteiger partial charge in [-0.1, -0.05) is 26.8 Å². The molecule has 0 heterocycles. The number of aromatic carboxylic acids is 1. The van der Waals surface area contributed by atoms with Crippen LogP contribution in [0.4, 0.5) is 0 Å². The zero-order chi connectivity index (χ0) is 14.6. The third kappa shape index (κ3) is 5.15. The Morgan fingerprint density at radius 3 is 2.47 bits per heavy atom. The number of hydrogen-bond donors (Lipinski definition) is 1. The van der Waals surface area contributed by atoms with Gasteiger partial charge in [-0.05, 0) is 42.9 Å². The molecule has 0 amide bonds. The highest BCUT2D eigenvalue weighted by Crippen LogP contribution is 2.22. The van der Waals surface area contributed by atoms with E-state index in [9.17, 15) is 9.00 Å². The molecule has 1 aromatic carbocycles. The Hall–Kier alpha value is -1.16. The number of rotatable bonds is 5. The molecule has 4 heteroatoms. The predicted molar refractivity (Wildman–Crippen MR) is 78.1 cm³/mol. The Morgan fingerprint density at radius 1 is 1.32 bits per heavy atom. The van der Waals surface area contributed by atoms with Crippen LogP contribution < -0.4 is 0 Å². The first-order valence-corrected chi connectivity index (χ1v) is 7.75. The Labute approximate surface area is 117 Å². The molecule has 1 aromatic rings. The lowest BCUT2D eigenvalue weighted by Gasteiger charge is -2.17. The highest BCUT2D eigenvalue weighted by Gasteiger charge is 2.13. The molecule has 1 N–H and O–H groups in total. The van der Waals surface area contributed by atoms with Gasteiger partial charge in [0.25, 0.3) is 0 Å². The number of carboxylic acids is 1. The van der Waals surface area contributed by atoms with Gasteiger partial charge in [-0.3, -0.25) is 4.21 Å². The normalized spacial score (nSPS) is 13.3. The van der Waals surface area contributed by atoms with Crippen molar-refractivity contribution in [3.05, 3.63) is 29.3 Å². The van der Waals surface area contributed by atoms with Crippen LogP contribution in [0.15, 0.2) is 23.1 Å². The molecule has 1 unspecified atom stereocenters. The van der Waals surface area contributed by atoms with E-state index in [1.807, 2.05) is 0 Å². The van der Waals surface area contributed by atoms with E-state index in [1.165, 1.54) is 6.07 Å². The van der Waals surface area contributed by atoms with Crippen LogP contribution in [0.3, 0.4) is 0 Å². The molecule has 0 aliphatic carbocycles. The Bertz CT molecular complexity index is 487. The molecule has 0 fully saturated rings. The molecule has 0 aliphatic rings. The molecule has 0 aliphatic heterocycles. The standard InChI is InChI=1S/C15H22O3S/c1-11-6-7-12(10-13(11)14(16)17)19(18)9-5-8-15(2,3)4/h6-7,10H,5,8-9H2,1-4H3,(H,16,17). The van der Waals surface area contributed by atoms with Crippen LogP contribution in [-0.2, 0) is 10.8 Å². The number of carboxylic acid groups (broad SMARTS) is 1. The molecule has 0 spiro atoms. The first-order valence-electron chi connectivity index (χ1n) is 6.43. The monoisotopic (exact) mass is 282 g/mol. The number of hydrogen-bond acceptors (Lipinski definition) is 2. The first-order chi connectivity index (χ1) is 8.70. The van der Waals surface area contributed by atoms with Gasteiger partial charge >= 0.3 is 5.97 Å². The molecule has 0 aromatic heterocycles. The minimum Gasteiger partial charge on any atom is -0.478 e. The van der Waals surface area contributed by atoms with Crippen LogP contribution in [-0.4, -0.2) is 21.0 Å². The van der Waals surface area contributed by atoms with Gasteiger partial charge in [0.1, 0.15) is 0 Å². The summed E-state index contributed by atoms with van der Waals surface area (Å²) in [7, 11) is -1.12. The van der Waals surface area contributed by atoms with E-state index in [4.69, 9.17) is 5.11 Å². The van der Waals surface area contributed by atoms with Crippen LogP contribution in [0.5, 0.6) is 0 Å². The van der Waals surface area contributed by atoms with Gasteiger partial charge in [0.2, 0.25) is 0 Å². The van der Waals surface area contributed by atoms with E-state index in [1.54, 1.807) is 19.1 Å². The fraction of sp³-hybridized carbons (Fsp3) is 0.533. The van der Waals surface area contributed by atoms with Gasteiger partial charge in [0.15, 0.2) is 0 Å². The summed E-state index contributed by atoms with van der Waals surface area (Å²) in [6.45, 7) is 8.22. The predicted octanol–water partition coefficient (Wildman–Crippen LogP) is 3.63. The van der Waals surface area contributed by atoms with Crippen molar-refractivity contribution in [1.29, 1.82) is 0 Å². The summed E-state index contributed by atoms with van der Waals surface area (Å²) in [5, 5.41) is 9.06. The summed E-state index contributed by atoms with van der Waals surface area (Å²) in [5.41, 5.74) is 1.17. The van der Waals surface area contributed by atoms with Crippen LogP contribution >= 0.6 is 0 Å². The quantitative estimate of drug-likeness (QED) is 0.897. The van der Waals surface area contributed by atoms with Crippen molar-refractivity contribution in [2.24, 2.45) is 5.41 Å². The molecular weight excluding hydrogens is 260 g/mol. The number of carbonyl (C=O) groups is 1. The summed E-state index contributed by atoms with van der Waals surface area (Å²) in [6, 6.07) is 5.01. The first kappa shape index (κ1) is 15.9. The summed E-state index contributed by atoms with van der Waals surface area (Å²) < 4.78 is 12.1. The van der Waals surface area contributed by atoms with E-state index in [0.717, 1.165) is 12.8 Å². The molecule has 106 valence electrons. The van der Waals surface area contributed by atoms with Crippen molar-refractivity contribution in [3.63, 3.8) is 0 Å². The van der Waals surface area contributed by atoms with Gasteiger partial charge in [-0.15, -0.1) is 0 Å². The van der Waals surface area contributed by atoms with Gasteiger partial charge < -0.3 is 5.11 Å². The van der Waals surface area contributed by atoms with Crippen molar-refractivity contribution >= 4 is 16.8 Å². The molecular formula is C15H22O3S. The van der Waals surface area contributed by atoms with Crippen molar-refractivity contribution in [3.8, 4) is 0 Å². The Morgan fingerprint density at radius 2 is 1.95 bits per heavy atom. The average Bonchev–Trinajstić information content (AvgIpc) is 2.27. The van der Waals surface area contributed by atoms with E-state index in [0.29, 0.717) is 16.2 Å². The maximum absolute atomic E-state index is 12.1. The van der Waals surface area contributed by atoms with Crippen LogP contribution in [0.2, 0.25) is 0 Å². The van der Waals surface area contributed by atoms with Gasteiger partial charge in [0, 0.05) is 10.6 Å². The second kappa shape index (κ2) is 6.33. The lowest BCUT2D eigenvalue weighted by molar-refractivity contribution is 0.0696. The number of aryl methyl sites for hydroxylation is 1. The second-order valence-electron chi connectivity index (χ2n) is 6.00. The van der Waals surface area contributed by atoms with Gasteiger partial charge in [-0.25, -0.2) is 4.79 Å². The highest BCUT2D eigenvalue weighted by atomic mass is 32.2. The molecule has 0 bridgehead atoms. The smallest absolute Gasteiger partial charge is 0.335 e. The summed E-state index contributed by atoms with van der Waals surface area (Å²) in [5.74, 6) is -0.384. The molecule has 0 radical (unpaired) electrons. The minimum absolute atomic E-state index is 0.238. The van der Waals surface area contributed by atoms with E-state index in [-0.39, 0.29) is 11.0 Å². The maximum Gasteiger partial charge on any atom is 0.335 e. The summed E-state index contributed by atoms with van der Waals surface area (Å²) in [4.78, 5) is 11.7. The van der Waals surface area contributed by atoms with Crippen LogP contribution in [0.1, 0.15) is 49.5 Å². The Kier molecular flexibility index (Phi) is 5.29. The summed E-state index contributed by atoms with van der Waals surface area (Å²) >= 11 is 0. The second-order valence-corrected chi connectivity index (χ2v) is 7.57. The zero-order valence-electron chi connectivity index (χ0n) is 12.0. The minimum atomic E-state index is -1.12. The van der Waals surface area contributed by atoms with Gasteiger partial charge in [0.05, 0.1) is 16.4 Å². The van der Waals surface area contributed by atoms with Crippen molar-refractivity contribution in [1.82, 2.24) is 0 Å².